The van der Waals surface area contributed by atoms with Crippen molar-refractivity contribution in [3.8, 4) is 5.75 Å². The predicted molar refractivity (Wildman–Crippen MR) is 130 cm³/mol. The van der Waals surface area contributed by atoms with Crippen LogP contribution < -0.4 is 20.7 Å². The Morgan fingerprint density at radius 2 is 1.79 bits per heavy atom. The van der Waals surface area contributed by atoms with Crippen molar-refractivity contribution in [2.75, 3.05) is 32.1 Å². The first-order chi connectivity index (χ1) is 13.4. The molecule has 0 fully saturated rings. The smallest absolute Gasteiger partial charge is 0.221 e. The maximum absolute atomic E-state index is 11.1. The molecule has 0 saturated heterocycles. The van der Waals surface area contributed by atoms with Crippen molar-refractivity contribution in [3.05, 3.63) is 60.2 Å². The van der Waals surface area contributed by atoms with Crippen LogP contribution in [0.15, 0.2) is 59.6 Å². The van der Waals surface area contributed by atoms with E-state index in [0.717, 1.165) is 18.2 Å². The monoisotopic (exact) mass is 510 g/mol. The van der Waals surface area contributed by atoms with Gasteiger partial charge >= 0.3 is 0 Å². The van der Waals surface area contributed by atoms with E-state index in [2.05, 4.69) is 59.1 Å². The minimum Gasteiger partial charge on any atom is -0.492 e. The van der Waals surface area contributed by atoms with Gasteiger partial charge in [0.1, 0.15) is 12.4 Å². The second kappa shape index (κ2) is 12.3. The van der Waals surface area contributed by atoms with E-state index < -0.39 is 0 Å². The first-order valence-corrected chi connectivity index (χ1v) is 9.41. The number of carbonyl (C=O) groups is 1. The number of benzene rings is 2. The summed E-state index contributed by atoms with van der Waals surface area (Å²) in [4.78, 5) is 15.4. The van der Waals surface area contributed by atoms with Crippen LogP contribution in [0.3, 0.4) is 0 Å². The molecule has 29 heavy (non-hydrogen) atoms. The fourth-order valence-corrected chi connectivity index (χ4v) is 2.72. The number of amides is 1. The molecule has 0 radical (unpaired) electrons. The van der Waals surface area contributed by atoms with Gasteiger partial charge < -0.3 is 20.7 Å². The summed E-state index contributed by atoms with van der Waals surface area (Å²) in [6.45, 7) is 7.73. The van der Waals surface area contributed by atoms with Gasteiger partial charge in [0.2, 0.25) is 5.91 Å². The fraction of sp³-hybridized carbons (Fsp3) is 0.364. The van der Waals surface area contributed by atoms with E-state index >= 15 is 0 Å². The Morgan fingerprint density at radius 1 is 1.07 bits per heavy atom. The van der Waals surface area contributed by atoms with Crippen LogP contribution in [-0.4, -0.2) is 38.6 Å². The van der Waals surface area contributed by atoms with Crippen LogP contribution in [0.1, 0.15) is 26.3 Å². The van der Waals surface area contributed by atoms with Gasteiger partial charge in [0.05, 0.1) is 6.54 Å². The highest BCUT2D eigenvalue weighted by Gasteiger charge is 2.20. The molecule has 6 nitrogen and oxygen atoms in total. The Balaban J connectivity index is 0.00000420. The van der Waals surface area contributed by atoms with E-state index in [9.17, 15) is 4.79 Å². The van der Waals surface area contributed by atoms with Crippen molar-refractivity contribution in [3.63, 3.8) is 0 Å². The molecule has 0 aliphatic rings. The minimum absolute atomic E-state index is 0. The zero-order valence-electron chi connectivity index (χ0n) is 17.5. The van der Waals surface area contributed by atoms with E-state index in [-0.39, 0.29) is 35.3 Å². The summed E-state index contributed by atoms with van der Waals surface area (Å²) < 4.78 is 5.74. The maximum Gasteiger partial charge on any atom is 0.221 e. The molecule has 0 spiro atoms. The summed E-state index contributed by atoms with van der Waals surface area (Å²) in [6.07, 6.45) is 0. The molecule has 0 aliphatic heterocycles. The third-order valence-electron chi connectivity index (χ3n) is 4.29. The number of ether oxygens (including phenoxy) is 1. The van der Waals surface area contributed by atoms with Gasteiger partial charge in [-0.15, -0.1) is 24.0 Å². The molecule has 0 saturated carbocycles. The van der Waals surface area contributed by atoms with E-state index in [1.807, 2.05) is 24.3 Å². The largest absolute Gasteiger partial charge is 0.492 e. The van der Waals surface area contributed by atoms with E-state index in [1.54, 1.807) is 13.1 Å². The molecular weight excluding hydrogens is 479 g/mol. The van der Waals surface area contributed by atoms with Gasteiger partial charge in [0.15, 0.2) is 5.96 Å². The average Bonchev–Trinajstić information content (AvgIpc) is 2.68. The molecule has 0 unspecified atom stereocenters. The second-order valence-corrected chi connectivity index (χ2v) is 7.16. The summed E-state index contributed by atoms with van der Waals surface area (Å²) in [5, 5.41) is 9.37. The lowest BCUT2D eigenvalue weighted by Gasteiger charge is -2.26. The molecule has 0 atom stereocenters. The van der Waals surface area contributed by atoms with Crippen LogP contribution in [-0.2, 0) is 10.2 Å². The zero-order valence-corrected chi connectivity index (χ0v) is 19.8. The van der Waals surface area contributed by atoms with Crippen molar-refractivity contribution >= 4 is 41.5 Å². The summed E-state index contributed by atoms with van der Waals surface area (Å²) in [5.74, 6) is 1.34. The van der Waals surface area contributed by atoms with Crippen molar-refractivity contribution in [1.82, 2.24) is 10.6 Å². The molecule has 1 amide bonds. The number of hydrogen-bond acceptors (Lipinski definition) is 3. The molecule has 2 aromatic carbocycles. The van der Waals surface area contributed by atoms with Gasteiger partial charge in [-0.1, -0.05) is 50.2 Å². The Kier molecular flexibility index (Phi) is 10.5. The number of guanidine groups is 1. The number of rotatable bonds is 8. The van der Waals surface area contributed by atoms with Crippen molar-refractivity contribution in [2.45, 2.75) is 26.2 Å². The van der Waals surface area contributed by atoms with Gasteiger partial charge in [0.25, 0.3) is 0 Å². The lowest BCUT2D eigenvalue weighted by Crippen LogP contribution is -2.44. The molecule has 0 bridgehead atoms. The van der Waals surface area contributed by atoms with Gasteiger partial charge in [-0.3, -0.25) is 9.79 Å². The number of anilines is 1. The highest BCUT2D eigenvalue weighted by Crippen LogP contribution is 2.21. The molecule has 0 aliphatic carbocycles. The van der Waals surface area contributed by atoms with E-state index in [1.165, 1.54) is 12.5 Å². The van der Waals surface area contributed by atoms with Crippen LogP contribution >= 0.6 is 24.0 Å². The molecule has 158 valence electrons. The van der Waals surface area contributed by atoms with Crippen LogP contribution in [0.2, 0.25) is 0 Å². The minimum atomic E-state index is -0.105. The Labute approximate surface area is 190 Å². The Hall–Kier alpha value is -2.29. The molecular formula is C22H31IN4O2. The third kappa shape index (κ3) is 8.72. The van der Waals surface area contributed by atoms with Crippen LogP contribution in [0.5, 0.6) is 5.75 Å². The summed E-state index contributed by atoms with van der Waals surface area (Å²) in [5.41, 5.74) is 1.98. The molecule has 0 aromatic heterocycles. The molecule has 2 rings (SSSR count). The van der Waals surface area contributed by atoms with Crippen molar-refractivity contribution in [1.29, 1.82) is 0 Å². The topological polar surface area (TPSA) is 74.8 Å². The third-order valence-corrected chi connectivity index (χ3v) is 4.29. The molecule has 2 aromatic rings. The summed E-state index contributed by atoms with van der Waals surface area (Å²) in [7, 11) is 1.75. The quantitative estimate of drug-likeness (QED) is 0.219. The number of aliphatic imine (C=N–C) groups is 1. The van der Waals surface area contributed by atoms with Gasteiger partial charge in [-0.2, -0.15) is 0 Å². The lowest BCUT2D eigenvalue weighted by atomic mass is 9.85. The number of carbonyl (C=O) groups excluding carboxylic acids is 1. The van der Waals surface area contributed by atoms with E-state index in [0.29, 0.717) is 18.9 Å². The maximum atomic E-state index is 11.1. The van der Waals surface area contributed by atoms with Crippen molar-refractivity contribution < 1.29 is 9.53 Å². The summed E-state index contributed by atoms with van der Waals surface area (Å²) >= 11 is 0. The van der Waals surface area contributed by atoms with Gasteiger partial charge in [-0.05, 0) is 17.7 Å². The van der Waals surface area contributed by atoms with Crippen LogP contribution in [0.25, 0.3) is 0 Å². The molecule has 7 heteroatoms. The predicted octanol–water partition coefficient (Wildman–Crippen LogP) is 3.78. The normalized spacial score (nSPS) is 11.2. The number of hydrogen-bond donors (Lipinski definition) is 3. The van der Waals surface area contributed by atoms with Crippen LogP contribution in [0.4, 0.5) is 5.69 Å². The Bertz CT molecular complexity index is 794. The lowest BCUT2D eigenvalue weighted by molar-refractivity contribution is -0.114. The number of nitrogens with one attached hydrogen (secondary N) is 3. The highest BCUT2D eigenvalue weighted by atomic mass is 127. The molecule has 0 heterocycles. The van der Waals surface area contributed by atoms with E-state index in [4.69, 9.17) is 4.74 Å². The Morgan fingerprint density at radius 3 is 2.45 bits per heavy atom. The number of nitrogens with zero attached hydrogens (tertiary/aromatic N) is 1. The van der Waals surface area contributed by atoms with Gasteiger partial charge in [0, 0.05) is 37.7 Å². The molecule has 3 N–H and O–H groups in total. The standard InChI is InChI=1S/C22H30N4O2.HI/c1-17(27)26-19-11-8-12-20(15-19)28-14-13-24-21(23-4)25-16-22(2,3)18-9-6-5-7-10-18;/h5-12,15H,13-14,16H2,1-4H3,(H,26,27)(H2,23,24,25);1H. The van der Waals surface area contributed by atoms with Crippen molar-refractivity contribution in [2.24, 2.45) is 4.99 Å². The first-order valence-electron chi connectivity index (χ1n) is 9.41. The zero-order chi connectivity index (χ0) is 20.4. The first kappa shape index (κ1) is 24.7. The fourth-order valence-electron chi connectivity index (χ4n) is 2.72. The summed E-state index contributed by atoms with van der Waals surface area (Å²) in [6, 6.07) is 17.8. The highest BCUT2D eigenvalue weighted by molar-refractivity contribution is 14.0. The number of halogens is 1. The second-order valence-electron chi connectivity index (χ2n) is 7.16. The van der Waals surface area contributed by atoms with Crippen LogP contribution in [0, 0.1) is 0 Å². The average molecular weight is 510 g/mol. The SMILES string of the molecule is CN=C(NCCOc1cccc(NC(C)=O)c1)NCC(C)(C)c1ccccc1.I. The van der Waals surface area contributed by atoms with Gasteiger partial charge in [-0.25, -0.2) is 0 Å².